The Labute approximate surface area is 260 Å². The Balaban J connectivity index is 1.23. The van der Waals surface area contributed by atoms with Crippen molar-refractivity contribution in [2.45, 2.75) is 0 Å². The first-order chi connectivity index (χ1) is 22.3. The van der Waals surface area contributed by atoms with Crippen LogP contribution in [0.15, 0.2) is 173 Å². The van der Waals surface area contributed by atoms with Gasteiger partial charge >= 0.3 is 0 Å². The summed E-state index contributed by atoms with van der Waals surface area (Å²) in [5, 5.41) is 4.47. The highest BCUT2D eigenvalue weighted by Gasteiger charge is 2.21. The van der Waals surface area contributed by atoms with E-state index >= 15 is 0 Å². The van der Waals surface area contributed by atoms with Gasteiger partial charge in [-0.05, 0) is 71.3 Å². The van der Waals surface area contributed by atoms with Gasteiger partial charge in [0.1, 0.15) is 22.3 Å². The van der Waals surface area contributed by atoms with Gasteiger partial charge in [0.2, 0.25) is 0 Å². The number of para-hydroxylation sites is 3. The predicted octanol–water partition coefficient (Wildman–Crippen LogP) is 12.3. The number of anilines is 3. The minimum atomic E-state index is 0.867. The number of benzene rings is 7. The summed E-state index contributed by atoms with van der Waals surface area (Å²) in [5.74, 6) is 0. The summed E-state index contributed by atoms with van der Waals surface area (Å²) in [6.07, 6.45) is 0. The van der Waals surface area contributed by atoms with Gasteiger partial charge in [0.25, 0.3) is 0 Å². The van der Waals surface area contributed by atoms with E-state index in [4.69, 9.17) is 8.83 Å². The lowest BCUT2D eigenvalue weighted by Gasteiger charge is -2.28. The first-order valence-corrected chi connectivity index (χ1v) is 15.2. The molecule has 0 bridgehead atoms. The molecule has 0 spiro atoms. The van der Waals surface area contributed by atoms with Gasteiger partial charge in [-0.1, -0.05) is 109 Å². The lowest BCUT2D eigenvalue weighted by atomic mass is 10.00. The molecule has 0 fully saturated rings. The van der Waals surface area contributed by atoms with E-state index in [2.05, 4.69) is 144 Å². The van der Waals surface area contributed by atoms with Crippen molar-refractivity contribution in [1.82, 2.24) is 0 Å². The van der Waals surface area contributed by atoms with Gasteiger partial charge in [-0.25, -0.2) is 0 Å². The molecule has 2 aromatic heterocycles. The molecule has 3 nitrogen and oxygen atoms in total. The topological polar surface area (TPSA) is 29.5 Å². The van der Waals surface area contributed by atoms with Crippen molar-refractivity contribution in [2.75, 3.05) is 4.90 Å². The van der Waals surface area contributed by atoms with E-state index < -0.39 is 0 Å². The van der Waals surface area contributed by atoms with Gasteiger partial charge in [-0.2, -0.15) is 0 Å². The Bertz CT molecular complexity index is 2490. The summed E-state index contributed by atoms with van der Waals surface area (Å²) in [6.45, 7) is 0. The Morgan fingerprint density at radius 3 is 1.80 bits per heavy atom. The van der Waals surface area contributed by atoms with E-state index in [-0.39, 0.29) is 0 Å². The Hall–Kier alpha value is -6.06. The lowest BCUT2D eigenvalue weighted by molar-refractivity contribution is 0.668. The van der Waals surface area contributed by atoms with Gasteiger partial charge in [-0.15, -0.1) is 0 Å². The molecule has 0 unspecified atom stereocenters. The van der Waals surface area contributed by atoms with Crippen molar-refractivity contribution in [3.05, 3.63) is 164 Å². The molecule has 45 heavy (non-hydrogen) atoms. The van der Waals surface area contributed by atoms with Crippen LogP contribution in [0.25, 0.3) is 66.1 Å². The Kier molecular flexibility index (Phi) is 5.82. The summed E-state index contributed by atoms with van der Waals surface area (Å²) in [7, 11) is 0. The van der Waals surface area contributed by atoms with E-state index in [0.717, 1.165) is 83.2 Å². The maximum atomic E-state index is 6.33. The molecule has 3 heteroatoms. The zero-order valence-corrected chi connectivity index (χ0v) is 24.4. The first kappa shape index (κ1) is 25.4. The highest BCUT2D eigenvalue weighted by molar-refractivity contribution is 6.14. The Morgan fingerprint density at radius 1 is 0.356 bits per heavy atom. The smallest absolute Gasteiger partial charge is 0.137 e. The summed E-state index contributed by atoms with van der Waals surface area (Å²) in [5.41, 5.74) is 11.3. The standard InChI is InChI=1S/C42H27NO2/c1-2-11-29(12-3-1)32-13-4-7-16-36(32)43(37-17-10-20-40-42(37)35-15-6-9-19-39(35)44-40)31-24-21-28(22-25-31)30-23-26-34-33-14-5-8-18-38(33)45-41(34)27-30/h1-27H. The Morgan fingerprint density at radius 2 is 0.956 bits per heavy atom. The average molecular weight is 578 g/mol. The summed E-state index contributed by atoms with van der Waals surface area (Å²) in [4.78, 5) is 2.36. The van der Waals surface area contributed by atoms with Crippen LogP contribution in [-0.4, -0.2) is 0 Å². The van der Waals surface area contributed by atoms with E-state index in [1.165, 1.54) is 0 Å². The van der Waals surface area contributed by atoms with Crippen molar-refractivity contribution in [3.63, 3.8) is 0 Å². The summed E-state index contributed by atoms with van der Waals surface area (Å²) in [6, 6.07) is 57.3. The van der Waals surface area contributed by atoms with Crippen LogP contribution >= 0.6 is 0 Å². The summed E-state index contributed by atoms with van der Waals surface area (Å²) >= 11 is 0. The molecule has 0 aliphatic heterocycles. The second-order valence-corrected chi connectivity index (χ2v) is 11.3. The van der Waals surface area contributed by atoms with Crippen molar-refractivity contribution in [1.29, 1.82) is 0 Å². The van der Waals surface area contributed by atoms with Gasteiger partial charge in [0.15, 0.2) is 0 Å². The summed E-state index contributed by atoms with van der Waals surface area (Å²) < 4.78 is 12.5. The number of rotatable bonds is 5. The number of hydrogen-bond acceptors (Lipinski definition) is 3. The molecule has 0 radical (unpaired) electrons. The quantitative estimate of drug-likeness (QED) is 0.204. The minimum absolute atomic E-state index is 0.867. The van der Waals surface area contributed by atoms with Crippen LogP contribution in [-0.2, 0) is 0 Å². The third kappa shape index (κ3) is 4.21. The molecule has 212 valence electrons. The van der Waals surface area contributed by atoms with Crippen molar-refractivity contribution in [2.24, 2.45) is 0 Å². The second kappa shape index (κ2) is 10.3. The molecule has 2 heterocycles. The third-order valence-electron chi connectivity index (χ3n) is 8.69. The molecule has 0 atom stereocenters. The first-order valence-electron chi connectivity index (χ1n) is 15.2. The third-order valence-corrected chi connectivity index (χ3v) is 8.69. The minimum Gasteiger partial charge on any atom is -0.456 e. The number of nitrogens with zero attached hydrogens (tertiary/aromatic N) is 1. The molecule has 0 aliphatic carbocycles. The van der Waals surface area contributed by atoms with Crippen LogP contribution in [0.2, 0.25) is 0 Å². The highest BCUT2D eigenvalue weighted by Crippen LogP contribution is 2.46. The van der Waals surface area contributed by atoms with E-state index in [1.807, 2.05) is 24.3 Å². The lowest BCUT2D eigenvalue weighted by Crippen LogP contribution is -2.11. The van der Waals surface area contributed by atoms with Crippen LogP contribution in [0.1, 0.15) is 0 Å². The number of hydrogen-bond donors (Lipinski definition) is 0. The van der Waals surface area contributed by atoms with E-state index in [1.54, 1.807) is 0 Å². The van der Waals surface area contributed by atoms with Crippen LogP contribution in [0.4, 0.5) is 17.1 Å². The van der Waals surface area contributed by atoms with Crippen molar-refractivity contribution in [3.8, 4) is 22.3 Å². The molecular weight excluding hydrogens is 550 g/mol. The van der Waals surface area contributed by atoms with E-state index in [9.17, 15) is 0 Å². The van der Waals surface area contributed by atoms with E-state index in [0.29, 0.717) is 0 Å². The largest absolute Gasteiger partial charge is 0.456 e. The maximum absolute atomic E-state index is 6.33. The number of furan rings is 2. The molecule has 9 rings (SSSR count). The van der Waals surface area contributed by atoms with Gasteiger partial charge in [-0.3, -0.25) is 0 Å². The highest BCUT2D eigenvalue weighted by atomic mass is 16.3. The normalized spacial score (nSPS) is 11.6. The molecule has 7 aromatic carbocycles. The van der Waals surface area contributed by atoms with Crippen LogP contribution < -0.4 is 4.90 Å². The SMILES string of the molecule is c1ccc(-c2ccccc2N(c2ccc(-c3ccc4c(c3)oc3ccccc34)cc2)c2cccc3oc4ccccc4c23)cc1. The second-order valence-electron chi connectivity index (χ2n) is 11.3. The molecular formula is C42H27NO2. The van der Waals surface area contributed by atoms with Gasteiger partial charge in [0.05, 0.1) is 16.8 Å². The van der Waals surface area contributed by atoms with Crippen LogP contribution in [0.3, 0.4) is 0 Å². The zero-order valence-electron chi connectivity index (χ0n) is 24.4. The van der Waals surface area contributed by atoms with Crippen LogP contribution in [0, 0.1) is 0 Å². The molecule has 0 N–H and O–H groups in total. The van der Waals surface area contributed by atoms with Crippen LogP contribution in [0.5, 0.6) is 0 Å². The predicted molar refractivity (Wildman–Crippen MR) is 187 cm³/mol. The van der Waals surface area contributed by atoms with Crippen molar-refractivity contribution < 1.29 is 8.83 Å². The molecule has 0 aliphatic rings. The molecule has 0 amide bonds. The fraction of sp³-hybridized carbons (Fsp3) is 0. The monoisotopic (exact) mass is 577 g/mol. The molecule has 0 saturated heterocycles. The fourth-order valence-electron chi connectivity index (χ4n) is 6.59. The van der Waals surface area contributed by atoms with Gasteiger partial charge < -0.3 is 13.7 Å². The fourth-order valence-corrected chi connectivity index (χ4v) is 6.59. The maximum Gasteiger partial charge on any atom is 0.137 e. The van der Waals surface area contributed by atoms with Crippen molar-refractivity contribution >= 4 is 60.9 Å². The number of fused-ring (bicyclic) bond motifs is 6. The zero-order chi connectivity index (χ0) is 29.7. The molecule has 0 saturated carbocycles. The average Bonchev–Trinajstić information content (AvgIpc) is 3.68. The molecule has 9 aromatic rings. The van der Waals surface area contributed by atoms with Gasteiger partial charge in [0, 0.05) is 27.4 Å².